The summed E-state index contributed by atoms with van der Waals surface area (Å²) in [6.45, 7) is 1.97. The number of aryl methyl sites for hydroxylation is 1. The summed E-state index contributed by atoms with van der Waals surface area (Å²) in [4.78, 5) is 8.42. The molecule has 0 unspecified atom stereocenters. The summed E-state index contributed by atoms with van der Waals surface area (Å²) in [5, 5.41) is 17.2. The number of halogens is 1. The van der Waals surface area contributed by atoms with Crippen molar-refractivity contribution in [3.8, 4) is 11.4 Å². The molecule has 1 N–H and O–H groups in total. The van der Waals surface area contributed by atoms with Gasteiger partial charge in [0.05, 0.1) is 0 Å². The maximum Gasteiger partial charge on any atom is 0.226 e. The van der Waals surface area contributed by atoms with Crippen molar-refractivity contribution in [3.05, 3.63) is 59.2 Å². The number of hydrogen-bond donors (Lipinski definition) is 1. The lowest BCUT2D eigenvalue weighted by molar-refractivity contribution is 0.378. The number of pyridine rings is 1. The fourth-order valence-electron chi connectivity index (χ4n) is 2.53. The van der Waals surface area contributed by atoms with Crippen LogP contribution in [0.15, 0.2) is 51.6 Å². The van der Waals surface area contributed by atoms with E-state index in [1.54, 1.807) is 24.2 Å². The highest BCUT2D eigenvalue weighted by molar-refractivity contribution is 8.01. The molecule has 0 aliphatic carbocycles. The van der Waals surface area contributed by atoms with Crippen molar-refractivity contribution in [2.75, 3.05) is 11.1 Å². The average Bonchev–Trinajstić information content (AvgIpc) is 3.39. The highest BCUT2D eigenvalue weighted by Crippen LogP contribution is 2.31. The molecule has 0 fully saturated rings. The van der Waals surface area contributed by atoms with Gasteiger partial charge in [-0.1, -0.05) is 45.9 Å². The van der Waals surface area contributed by atoms with Gasteiger partial charge in [0, 0.05) is 40.8 Å². The van der Waals surface area contributed by atoms with Crippen molar-refractivity contribution in [2.24, 2.45) is 0 Å². The van der Waals surface area contributed by atoms with E-state index >= 15 is 0 Å². The van der Waals surface area contributed by atoms with E-state index in [0.29, 0.717) is 11.7 Å². The predicted molar refractivity (Wildman–Crippen MR) is 116 cm³/mol. The minimum atomic E-state index is 0.589. The van der Waals surface area contributed by atoms with Crippen LogP contribution >= 0.6 is 34.7 Å². The van der Waals surface area contributed by atoms with Crippen LogP contribution in [0, 0.1) is 6.92 Å². The van der Waals surface area contributed by atoms with E-state index in [2.05, 4.69) is 30.6 Å². The highest BCUT2D eigenvalue weighted by atomic mass is 35.5. The predicted octanol–water partition coefficient (Wildman–Crippen LogP) is 5.41. The average molecular weight is 445 g/mol. The van der Waals surface area contributed by atoms with Gasteiger partial charge in [-0.2, -0.15) is 4.98 Å². The van der Waals surface area contributed by atoms with E-state index < -0.39 is 0 Å². The summed E-state index contributed by atoms with van der Waals surface area (Å²) in [7, 11) is 0. The van der Waals surface area contributed by atoms with Gasteiger partial charge in [0.15, 0.2) is 4.34 Å². The van der Waals surface area contributed by atoms with Crippen LogP contribution in [-0.2, 0) is 6.42 Å². The summed E-state index contributed by atoms with van der Waals surface area (Å²) in [5.41, 5.74) is 2.82. The highest BCUT2D eigenvalue weighted by Gasteiger charge is 2.10. The van der Waals surface area contributed by atoms with Crippen LogP contribution in [-0.4, -0.2) is 31.1 Å². The number of nitrogens with zero attached hydrogens (tertiary/aromatic N) is 5. The first-order chi connectivity index (χ1) is 14.2. The fourth-order valence-corrected chi connectivity index (χ4v) is 4.48. The first-order valence-electron chi connectivity index (χ1n) is 8.90. The van der Waals surface area contributed by atoms with Crippen LogP contribution in [0.5, 0.6) is 0 Å². The maximum absolute atomic E-state index is 6.16. The molecule has 29 heavy (non-hydrogen) atoms. The monoisotopic (exact) mass is 444 g/mol. The minimum absolute atomic E-state index is 0.589. The smallest absolute Gasteiger partial charge is 0.226 e. The largest absolute Gasteiger partial charge is 0.339 e. The zero-order valence-electron chi connectivity index (χ0n) is 15.5. The van der Waals surface area contributed by atoms with Gasteiger partial charge in [0.1, 0.15) is 0 Å². The number of benzene rings is 1. The van der Waals surface area contributed by atoms with Crippen LogP contribution in [0.3, 0.4) is 0 Å². The molecule has 3 aromatic heterocycles. The van der Waals surface area contributed by atoms with Gasteiger partial charge in [-0.25, -0.2) is 0 Å². The van der Waals surface area contributed by atoms with E-state index in [1.165, 1.54) is 11.3 Å². The van der Waals surface area contributed by atoms with Crippen molar-refractivity contribution >= 4 is 45.5 Å². The van der Waals surface area contributed by atoms with Gasteiger partial charge < -0.3 is 9.84 Å². The summed E-state index contributed by atoms with van der Waals surface area (Å²) < 4.78 is 6.24. The Morgan fingerprint density at radius 2 is 2.03 bits per heavy atom. The zero-order chi connectivity index (χ0) is 20.1. The van der Waals surface area contributed by atoms with Gasteiger partial charge in [-0.15, -0.1) is 10.2 Å². The van der Waals surface area contributed by atoms with Crippen molar-refractivity contribution in [3.63, 3.8) is 0 Å². The second-order valence-corrected chi connectivity index (χ2v) is 8.84. The number of nitrogens with one attached hydrogen (secondary N) is 1. The van der Waals surface area contributed by atoms with E-state index in [0.717, 1.165) is 49.9 Å². The van der Waals surface area contributed by atoms with Crippen LogP contribution in [0.2, 0.25) is 5.02 Å². The zero-order valence-corrected chi connectivity index (χ0v) is 17.9. The van der Waals surface area contributed by atoms with Crippen LogP contribution in [0.1, 0.15) is 17.9 Å². The molecule has 1 aromatic carbocycles. The van der Waals surface area contributed by atoms with Gasteiger partial charge in [-0.05, 0) is 43.2 Å². The standard InChI is InChI=1S/C19H17ClN6OS2/c1-12-14(20)4-2-5-15(12)22-18-24-25-19(29-18)28-11-3-6-16-23-17(26-27-16)13-7-9-21-10-8-13/h2,4-5,7-10H,3,6,11H2,1H3,(H,22,24). The molecule has 0 amide bonds. The molecule has 0 saturated heterocycles. The molecule has 0 saturated carbocycles. The van der Waals surface area contributed by atoms with Crippen LogP contribution in [0.25, 0.3) is 11.4 Å². The lowest BCUT2D eigenvalue weighted by atomic mass is 10.2. The Balaban J connectivity index is 1.25. The fraction of sp³-hybridized carbons (Fsp3) is 0.211. The molecular formula is C19H17ClN6OS2. The van der Waals surface area contributed by atoms with Crippen molar-refractivity contribution in [1.82, 2.24) is 25.3 Å². The maximum atomic E-state index is 6.16. The molecule has 7 nitrogen and oxygen atoms in total. The van der Waals surface area contributed by atoms with Crippen molar-refractivity contribution in [1.29, 1.82) is 0 Å². The Kier molecular flexibility index (Phi) is 6.38. The van der Waals surface area contributed by atoms with Gasteiger partial charge in [-0.3, -0.25) is 4.98 Å². The third-order valence-electron chi connectivity index (χ3n) is 4.08. The second-order valence-electron chi connectivity index (χ2n) is 6.11. The number of thioether (sulfide) groups is 1. The Hall–Kier alpha value is -2.49. The molecule has 0 spiro atoms. The molecule has 148 valence electrons. The lowest BCUT2D eigenvalue weighted by Gasteiger charge is -2.06. The van der Waals surface area contributed by atoms with Crippen LogP contribution < -0.4 is 5.32 Å². The summed E-state index contributed by atoms with van der Waals surface area (Å²) in [6.07, 6.45) is 5.04. The van der Waals surface area contributed by atoms with Gasteiger partial charge in [0.25, 0.3) is 0 Å². The quantitative estimate of drug-likeness (QED) is 0.285. The lowest BCUT2D eigenvalue weighted by Crippen LogP contribution is -1.92. The van der Waals surface area contributed by atoms with E-state index in [-0.39, 0.29) is 0 Å². The first kappa shape index (κ1) is 19.8. The minimum Gasteiger partial charge on any atom is -0.339 e. The molecule has 0 radical (unpaired) electrons. The molecule has 3 heterocycles. The number of aromatic nitrogens is 5. The molecule has 4 aromatic rings. The molecule has 4 rings (SSSR count). The molecule has 0 atom stereocenters. The summed E-state index contributed by atoms with van der Waals surface area (Å²) >= 11 is 9.34. The number of hydrogen-bond acceptors (Lipinski definition) is 9. The van der Waals surface area contributed by atoms with Crippen LogP contribution in [0.4, 0.5) is 10.8 Å². The summed E-state index contributed by atoms with van der Waals surface area (Å²) in [6, 6.07) is 9.46. The van der Waals surface area contributed by atoms with Gasteiger partial charge in [0.2, 0.25) is 16.8 Å². The topological polar surface area (TPSA) is 89.6 Å². The normalized spacial score (nSPS) is 11.0. The third kappa shape index (κ3) is 5.11. The molecule has 0 bridgehead atoms. The summed E-state index contributed by atoms with van der Waals surface area (Å²) in [5.74, 6) is 2.11. The van der Waals surface area contributed by atoms with E-state index in [4.69, 9.17) is 16.1 Å². The Morgan fingerprint density at radius 1 is 1.17 bits per heavy atom. The number of anilines is 2. The van der Waals surface area contributed by atoms with E-state index in [1.807, 2.05) is 37.3 Å². The first-order valence-corrected chi connectivity index (χ1v) is 11.1. The van der Waals surface area contributed by atoms with E-state index in [9.17, 15) is 0 Å². The van der Waals surface area contributed by atoms with Crippen molar-refractivity contribution in [2.45, 2.75) is 24.1 Å². The second kappa shape index (κ2) is 9.34. The molecule has 0 aliphatic heterocycles. The molecule has 0 aliphatic rings. The van der Waals surface area contributed by atoms with Gasteiger partial charge >= 0.3 is 0 Å². The third-order valence-corrected chi connectivity index (χ3v) is 6.55. The molecular weight excluding hydrogens is 428 g/mol. The Labute approximate surface area is 180 Å². The Morgan fingerprint density at radius 3 is 2.90 bits per heavy atom. The molecule has 10 heteroatoms. The SMILES string of the molecule is Cc1c(Cl)cccc1Nc1nnc(SCCCc2nc(-c3ccncc3)no2)s1. The van der Waals surface area contributed by atoms with Crippen molar-refractivity contribution < 1.29 is 4.52 Å². The number of rotatable bonds is 8. The Bertz CT molecular complexity index is 1090.